The first-order valence-electron chi connectivity index (χ1n) is 3.47. The van der Waals surface area contributed by atoms with Crippen LogP contribution in [-0.4, -0.2) is 33.3 Å². The largest absolute Gasteiger partial charge is 0.271 e. The minimum absolute atomic E-state index is 0.991. The zero-order valence-corrected chi connectivity index (χ0v) is 8.40. The predicted molar refractivity (Wildman–Crippen MR) is 57.1 cm³/mol. The monoisotopic (exact) mass is 204 g/mol. The molecular weight excluding hydrogens is 196 g/mol. The summed E-state index contributed by atoms with van der Waals surface area (Å²) in [5, 5.41) is 0. The second-order valence-electron chi connectivity index (χ2n) is 2.09. The third kappa shape index (κ3) is 2.16. The van der Waals surface area contributed by atoms with Gasteiger partial charge in [0.2, 0.25) is 0 Å². The average Bonchev–Trinajstić information content (AvgIpc) is 2.60. The van der Waals surface area contributed by atoms with Gasteiger partial charge in [0.25, 0.3) is 0 Å². The highest BCUT2D eigenvalue weighted by Gasteiger charge is 2.14. The summed E-state index contributed by atoms with van der Waals surface area (Å²) in [5.41, 5.74) is 0. The molecule has 0 radical (unpaired) electrons. The highest BCUT2D eigenvalue weighted by Crippen LogP contribution is 2.29. The maximum Gasteiger partial charge on any atom is 0.131 e. The third-order valence-corrected chi connectivity index (χ3v) is 4.63. The van der Waals surface area contributed by atoms with E-state index in [-0.39, 0.29) is 0 Å². The maximum atomic E-state index is 4.35. The molecule has 2 aliphatic heterocycles. The van der Waals surface area contributed by atoms with E-state index in [4.69, 9.17) is 0 Å². The summed E-state index contributed by atoms with van der Waals surface area (Å²) in [6, 6.07) is 0. The molecule has 0 saturated carbocycles. The lowest BCUT2D eigenvalue weighted by molar-refractivity contribution is 1.18. The van der Waals surface area contributed by atoms with Crippen LogP contribution in [0.3, 0.4) is 0 Å². The quantitative estimate of drug-likeness (QED) is 0.602. The summed E-state index contributed by atoms with van der Waals surface area (Å²) >= 11 is 5.44. The average molecular weight is 204 g/mol. The van der Waals surface area contributed by atoms with E-state index in [0.29, 0.717) is 0 Å². The van der Waals surface area contributed by atoms with E-state index in [0.717, 1.165) is 24.6 Å². The molecule has 2 rings (SSSR count). The molecule has 0 fully saturated rings. The predicted octanol–water partition coefficient (Wildman–Crippen LogP) is 1.93. The normalized spacial score (nSPS) is 23.6. The van der Waals surface area contributed by atoms with Crippen molar-refractivity contribution in [2.75, 3.05) is 24.6 Å². The van der Waals surface area contributed by atoms with Crippen LogP contribution in [0, 0.1) is 0 Å². The van der Waals surface area contributed by atoms with Crippen LogP contribution in [0.4, 0.5) is 0 Å². The molecule has 0 aliphatic carbocycles. The zero-order valence-electron chi connectivity index (χ0n) is 5.95. The molecule has 0 atom stereocenters. The van der Waals surface area contributed by atoms with E-state index < -0.39 is 0 Å². The SMILES string of the molecule is C1CSC(SC2=NCCS2)=N1. The molecule has 11 heavy (non-hydrogen) atoms. The molecule has 5 heteroatoms. The summed E-state index contributed by atoms with van der Waals surface area (Å²) in [6.07, 6.45) is 0. The topological polar surface area (TPSA) is 24.7 Å². The van der Waals surface area contributed by atoms with Gasteiger partial charge in [-0.05, 0) is 11.8 Å². The molecule has 2 nitrogen and oxygen atoms in total. The van der Waals surface area contributed by atoms with Crippen molar-refractivity contribution in [2.24, 2.45) is 9.98 Å². The van der Waals surface area contributed by atoms with Gasteiger partial charge in [0.05, 0.1) is 13.1 Å². The smallest absolute Gasteiger partial charge is 0.131 e. The molecule has 0 aromatic rings. The van der Waals surface area contributed by atoms with E-state index >= 15 is 0 Å². The van der Waals surface area contributed by atoms with Gasteiger partial charge < -0.3 is 0 Å². The second kappa shape index (κ2) is 3.87. The fourth-order valence-corrected chi connectivity index (χ4v) is 3.97. The van der Waals surface area contributed by atoms with Gasteiger partial charge in [0.15, 0.2) is 0 Å². The van der Waals surface area contributed by atoms with E-state index in [1.807, 2.05) is 23.5 Å². The van der Waals surface area contributed by atoms with Gasteiger partial charge in [-0.25, -0.2) is 0 Å². The molecule has 0 amide bonds. The first-order valence-corrected chi connectivity index (χ1v) is 6.26. The first kappa shape index (κ1) is 8.01. The maximum absolute atomic E-state index is 4.35. The van der Waals surface area contributed by atoms with Crippen LogP contribution >= 0.6 is 35.3 Å². The van der Waals surface area contributed by atoms with E-state index in [1.165, 1.54) is 8.75 Å². The van der Waals surface area contributed by atoms with Gasteiger partial charge in [-0.15, -0.1) is 0 Å². The highest BCUT2D eigenvalue weighted by atomic mass is 32.2. The van der Waals surface area contributed by atoms with Crippen molar-refractivity contribution in [1.29, 1.82) is 0 Å². The molecule has 0 saturated heterocycles. The molecule has 2 heterocycles. The molecule has 2 aliphatic rings. The van der Waals surface area contributed by atoms with Gasteiger partial charge in [-0.2, -0.15) is 0 Å². The fourth-order valence-electron chi connectivity index (χ4n) is 0.829. The number of thioether (sulfide) groups is 3. The molecule has 0 bridgehead atoms. The van der Waals surface area contributed by atoms with Crippen molar-refractivity contribution in [3.05, 3.63) is 0 Å². The molecule has 0 spiro atoms. The summed E-state index contributed by atoms with van der Waals surface area (Å²) in [7, 11) is 0. The van der Waals surface area contributed by atoms with Gasteiger partial charge in [0.1, 0.15) is 8.75 Å². The molecule has 0 N–H and O–H groups in total. The second-order valence-corrected chi connectivity index (χ2v) is 5.76. The number of hydrogen-bond donors (Lipinski definition) is 0. The van der Waals surface area contributed by atoms with Gasteiger partial charge in [-0.1, -0.05) is 23.5 Å². The van der Waals surface area contributed by atoms with Crippen LogP contribution in [0.1, 0.15) is 0 Å². The molecule has 0 unspecified atom stereocenters. The summed E-state index contributed by atoms with van der Waals surface area (Å²) in [4.78, 5) is 8.70. The van der Waals surface area contributed by atoms with Crippen LogP contribution in [0.15, 0.2) is 9.98 Å². The Kier molecular flexibility index (Phi) is 2.82. The lowest BCUT2D eigenvalue weighted by Gasteiger charge is -1.95. The van der Waals surface area contributed by atoms with E-state index in [1.54, 1.807) is 11.8 Å². The Hall–Kier alpha value is 0.390. The van der Waals surface area contributed by atoms with Crippen LogP contribution in [-0.2, 0) is 0 Å². The zero-order chi connectivity index (χ0) is 7.52. The van der Waals surface area contributed by atoms with Crippen molar-refractivity contribution in [3.8, 4) is 0 Å². The number of rotatable bonds is 0. The van der Waals surface area contributed by atoms with Crippen LogP contribution in [0.2, 0.25) is 0 Å². The molecule has 0 aromatic heterocycles. The Morgan fingerprint density at radius 1 is 1.00 bits per heavy atom. The van der Waals surface area contributed by atoms with Crippen LogP contribution < -0.4 is 0 Å². The standard InChI is InChI=1S/C6H8N2S3/c1-3-9-5(7-1)11-6-8-2-4-10-6/h1-4H2. The lowest BCUT2D eigenvalue weighted by Crippen LogP contribution is -1.85. The Morgan fingerprint density at radius 2 is 1.55 bits per heavy atom. The van der Waals surface area contributed by atoms with Crippen molar-refractivity contribution >= 4 is 44.0 Å². The number of aliphatic imine (C=N–C) groups is 2. The van der Waals surface area contributed by atoms with Crippen molar-refractivity contribution in [2.45, 2.75) is 0 Å². The summed E-state index contributed by atoms with van der Waals surface area (Å²) in [5.74, 6) is 2.31. The number of nitrogens with zero attached hydrogens (tertiary/aromatic N) is 2. The van der Waals surface area contributed by atoms with Crippen LogP contribution in [0.5, 0.6) is 0 Å². The van der Waals surface area contributed by atoms with Gasteiger partial charge in [0, 0.05) is 11.5 Å². The fraction of sp³-hybridized carbons (Fsp3) is 0.667. The Bertz CT molecular complexity index is 190. The van der Waals surface area contributed by atoms with Crippen molar-refractivity contribution in [1.82, 2.24) is 0 Å². The van der Waals surface area contributed by atoms with E-state index in [9.17, 15) is 0 Å². The molecule has 60 valence electrons. The Labute approximate surface area is 78.7 Å². The van der Waals surface area contributed by atoms with Crippen LogP contribution in [0.25, 0.3) is 0 Å². The Morgan fingerprint density at radius 3 is 1.91 bits per heavy atom. The lowest BCUT2D eigenvalue weighted by atomic mass is 10.8. The number of hydrogen-bond acceptors (Lipinski definition) is 5. The van der Waals surface area contributed by atoms with Crippen molar-refractivity contribution < 1.29 is 0 Å². The van der Waals surface area contributed by atoms with Crippen molar-refractivity contribution in [3.63, 3.8) is 0 Å². The highest BCUT2D eigenvalue weighted by molar-refractivity contribution is 8.54. The Balaban J connectivity index is 1.89. The minimum Gasteiger partial charge on any atom is -0.271 e. The van der Waals surface area contributed by atoms with Gasteiger partial charge >= 0.3 is 0 Å². The molecule has 0 aromatic carbocycles. The van der Waals surface area contributed by atoms with Gasteiger partial charge in [-0.3, -0.25) is 9.98 Å². The summed E-state index contributed by atoms with van der Waals surface area (Å²) in [6.45, 7) is 1.98. The molecular formula is C6H8N2S3. The minimum atomic E-state index is 0.991. The third-order valence-electron chi connectivity index (χ3n) is 1.29. The van der Waals surface area contributed by atoms with E-state index in [2.05, 4.69) is 9.98 Å². The summed E-state index contributed by atoms with van der Waals surface area (Å²) < 4.78 is 2.41. The first-order chi connectivity index (χ1) is 5.45.